The Morgan fingerprint density at radius 3 is 2.73 bits per heavy atom. The molecule has 1 aliphatic heterocycles. The number of hydrogen-bond donors (Lipinski definition) is 1. The standard InChI is InChI=1S/C20H29N5O4S/c1-5-8-25-17-15(19(27)24(4)20(25)28)18(23-16(22-17)12(2)3)30-11-14(26)21-10-13-7-6-9-29-13/h12-13H,5-11H2,1-4H3,(H,21,26)/t13-/m0/s1. The lowest BCUT2D eigenvalue weighted by Crippen LogP contribution is -2.39. The molecular weight excluding hydrogens is 406 g/mol. The predicted octanol–water partition coefficient (Wildman–Crippen LogP) is 1.41. The van der Waals surface area contributed by atoms with Crippen molar-refractivity contribution >= 4 is 28.7 Å². The largest absolute Gasteiger partial charge is 0.376 e. The van der Waals surface area contributed by atoms with Crippen molar-refractivity contribution in [1.29, 1.82) is 0 Å². The van der Waals surface area contributed by atoms with Crippen molar-refractivity contribution in [2.24, 2.45) is 7.05 Å². The molecule has 0 unspecified atom stereocenters. The van der Waals surface area contributed by atoms with Gasteiger partial charge in [0.1, 0.15) is 16.2 Å². The van der Waals surface area contributed by atoms with Crippen LogP contribution < -0.4 is 16.6 Å². The van der Waals surface area contributed by atoms with Crippen LogP contribution in [0.15, 0.2) is 14.6 Å². The fourth-order valence-corrected chi connectivity index (χ4v) is 4.21. The zero-order valence-corrected chi connectivity index (χ0v) is 18.8. The Kier molecular flexibility index (Phi) is 7.30. The predicted molar refractivity (Wildman–Crippen MR) is 116 cm³/mol. The fourth-order valence-electron chi connectivity index (χ4n) is 3.36. The number of carbonyl (C=O) groups excluding carboxylic acids is 1. The van der Waals surface area contributed by atoms with Crippen molar-refractivity contribution in [3.8, 4) is 0 Å². The van der Waals surface area contributed by atoms with Crippen LogP contribution in [-0.4, -0.2) is 50.0 Å². The number of nitrogens with zero attached hydrogens (tertiary/aromatic N) is 4. The highest BCUT2D eigenvalue weighted by molar-refractivity contribution is 8.00. The van der Waals surface area contributed by atoms with Gasteiger partial charge in [0, 0.05) is 32.7 Å². The number of rotatable bonds is 8. The Hall–Kier alpha value is -2.20. The molecule has 10 heteroatoms. The number of aromatic nitrogens is 4. The lowest BCUT2D eigenvalue weighted by molar-refractivity contribution is -0.119. The Labute approximate surface area is 179 Å². The van der Waals surface area contributed by atoms with Gasteiger partial charge in [-0.3, -0.25) is 18.7 Å². The molecule has 0 aliphatic carbocycles. The van der Waals surface area contributed by atoms with Crippen molar-refractivity contribution in [3.05, 3.63) is 26.7 Å². The van der Waals surface area contributed by atoms with E-state index in [9.17, 15) is 14.4 Å². The van der Waals surface area contributed by atoms with Crippen LogP contribution >= 0.6 is 11.8 Å². The first-order valence-corrected chi connectivity index (χ1v) is 11.3. The Balaban J connectivity index is 1.95. The summed E-state index contributed by atoms with van der Waals surface area (Å²) in [6, 6.07) is 0. The highest BCUT2D eigenvalue weighted by atomic mass is 32.2. The van der Waals surface area contributed by atoms with Crippen LogP contribution in [0.3, 0.4) is 0 Å². The highest BCUT2D eigenvalue weighted by Crippen LogP contribution is 2.24. The molecular formula is C20H29N5O4S. The lowest BCUT2D eigenvalue weighted by Gasteiger charge is -2.15. The molecule has 0 aromatic carbocycles. The molecule has 3 rings (SSSR count). The monoisotopic (exact) mass is 435 g/mol. The summed E-state index contributed by atoms with van der Waals surface area (Å²) in [5.74, 6) is 0.526. The fraction of sp³-hybridized carbons (Fsp3) is 0.650. The number of amides is 1. The number of fused-ring (bicyclic) bond motifs is 1. The Bertz CT molecular complexity index is 1040. The molecule has 1 N–H and O–H groups in total. The van der Waals surface area contributed by atoms with Crippen LogP contribution in [0.2, 0.25) is 0 Å². The number of hydrogen-bond acceptors (Lipinski definition) is 7. The van der Waals surface area contributed by atoms with E-state index in [-0.39, 0.29) is 29.1 Å². The summed E-state index contributed by atoms with van der Waals surface area (Å²) in [5.41, 5.74) is -0.501. The maximum Gasteiger partial charge on any atom is 0.332 e. The zero-order chi connectivity index (χ0) is 21.8. The van der Waals surface area contributed by atoms with E-state index in [0.29, 0.717) is 29.6 Å². The van der Waals surface area contributed by atoms with Gasteiger partial charge in [-0.2, -0.15) is 0 Å². The molecule has 2 aromatic rings. The van der Waals surface area contributed by atoms with E-state index in [2.05, 4.69) is 15.3 Å². The van der Waals surface area contributed by atoms with Gasteiger partial charge in [-0.15, -0.1) is 0 Å². The van der Waals surface area contributed by atoms with Gasteiger partial charge in [-0.25, -0.2) is 14.8 Å². The van der Waals surface area contributed by atoms with E-state index >= 15 is 0 Å². The summed E-state index contributed by atoms with van der Waals surface area (Å²) in [7, 11) is 1.45. The molecule has 1 aliphatic rings. The molecule has 1 amide bonds. The second-order valence-electron chi connectivity index (χ2n) is 7.77. The summed E-state index contributed by atoms with van der Waals surface area (Å²) in [4.78, 5) is 47.0. The van der Waals surface area contributed by atoms with E-state index in [1.165, 1.54) is 23.4 Å². The van der Waals surface area contributed by atoms with Crippen LogP contribution in [-0.2, 0) is 23.1 Å². The number of thioether (sulfide) groups is 1. The maximum absolute atomic E-state index is 12.9. The smallest absolute Gasteiger partial charge is 0.332 e. The number of nitrogens with one attached hydrogen (secondary N) is 1. The van der Waals surface area contributed by atoms with Crippen molar-refractivity contribution in [1.82, 2.24) is 24.4 Å². The average molecular weight is 436 g/mol. The van der Waals surface area contributed by atoms with E-state index in [1.54, 1.807) is 0 Å². The highest BCUT2D eigenvalue weighted by Gasteiger charge is 2.21. The topological polar surface area (TPSA) is 108 Å². The van der Waals surface area contributed by atoms with Gasteiger partial charge in [0.15, 0.2) is 5.65 Å². The van der Waals surface area contributed by atoms with Gasteiger partial charge in [-0.1, -0.05) is 32.5 Å². The van der Waals surface area contributed by atoms with E-state index in [4.69, 9.17) is 4.74 Å². The minimum atomic E-state index is -0.445. The first-order chi connectivity index (χ1) is 14.3. The summed E-state index contributed by atoms with van der Waals surface area (Å²) < 4.78 is 8.12. The molecule has 1 saturated heterocycles. The maximum atomic E-state index is 12.9. The van der Waals surface area contributed by atoms with Crippen LogP contribution in [0.1, 0.15) is 51.8 Å². The molecule has 1 fully saturated rings. The van der Waals surface area contributed by atoms with E-state index in [1.807, 2.05) is 20.8 Å². The summed E-state index contributed by atoms with van der Waals surface area (Å²) in [5, 5.41) is 3.60. The summed E-state index contributed by atoms with van der Waals surface area (Å²) >= 11 is 1.19. The third-order valence-corrected chi connectivity index (χ3v) is 6.00. The van der Waals surface area contributed by atoms with Gasteiger partial charge < -0.3 is 10.1 Å². The van der Waals surface area contributed by atoms with Crippen molar-refractivity contribution < 1.29 is 9.53 Å². The number of carbonyl (C=O) groups is 1. The molecule has 2 aromatic heterocycles. The van der Waals surface area contributed by atoms with Crippen molar-refractivity contribution in [2.75, 3.05) is 18.9 Å². The number of ether oxygens (including phenoxy) is 1. The molecule has 30 heavy (non-hydrogen) atoms. The quantitative estimate of drug-likeness (QED) is 0.493. The third-order valence-electron chi connectivity index (χ3n) is 5.02. The molecule has 3 heterocycles. The van der Waals surface area contributed by atoms with Gasteiger partial charge in [0.2, 0.25) is 5.91 Å². The minimum Gasteiger partial charge on any atom is -0.376 e. The minimum absolute atomic E-state index is 0.0105. The van der Waals surface area contributed by atoms with Crippen molar-refractivity contribution in [3.63, 3.8) is 0 Å². The Morgan fingerprint density at radius 2 is 2.10 bits per heavy atom. The van der Waals surface area contributed by atoms with Gasteiger partial charge in [0.25, 0.3) is 5.56 Å². The lowest BCUT2D eigenvalue weighted by atomic mass is 10.2. The van der Waals surface area contributed by atoms with Crippen LogP contribution in [0.5, 0.6) is 0 Å². The average Bonchev–Trinajstić information content (AvgIpc) is 3.25. The summed E-state index contributed by atoms with van der Waals surface area (Å²) in [6.45, 7) is 7.54. The van der Waals surface area contributed by atoms with E-state index in [0.717, 1.165) is 30.4 Å². The second kappa shape index (κ2) is 9.74. The van der Waals surface area contributed by atoms with Crippen LogP contribution in [0.4, 0.5) is 0 Å². The SMILES string of the molecule is CCCn1c(=O)n(C)c(=O)c2c(SCC(=O)NC[C@@H]3CCCO3)nc(C(C)C)nc21. The number of aryl methyl sites for hydroxylation is 1. The van der Waals surface area contributed by atoms with Gasteiger partial charge in [-0.05, 0) is 19.3 Å². The summed E-state index contributed by atoms with van der Waals surface area (Å²) in [6.07, 6.45) is 2.76. The molecule has 1 atom stereocenters. The normalized spacial score (nSPS) is 16.5. The van der Waals surface area contributed by atoms with Crippen LogP contribution in [0.25, 0.3) is 11.0 Å². The first kappa shape index (κ1) is 22.5. The second-order valence-corrected chi connectivity index (χ2v) is 8.73. The molecule has 0 bridgehead atoms. The van der Waals surface area contributed by atoms with Gasteiger partial charge in [0.05, 0.1) is 11.9 Å². The molecule has 164 valence electrons. The molecule has 0 spiro atoms. The molecule has 9 nitrogen and oxygen atoms in total. The zero-order valence-electron chi connectivity index (χ0n) is 17.9. The van der Waals surface area contributed by atoms with E-state index < -0.39 is 11.2 Å². The third kappa shape index (κ3) is 4.75. The molecule has 0 saturated carbocycles. The molecule has 0 radical (unpaired) electrons. The van der Waals surface area contributed by atoms with Crippen LogP contribution in [0, 0.1) is 0 Å². The Morgan fingerprint density at radius 1 is 1.33 bits per heavy atom. The van der Waals surface area contributed by atoms with Gasteiger partial charge >= 0.3 is 5.69 Å². The van der Waals surface area contributed by atoms with Crippen molar-refractivity contribution in [2.45, 2.75) is 63.6 Å². The first-order valence-electron chi connectivity index (χ1n) is 10.4.